The topological polar surface area (TPSA) is 128 Å². The summed E-state index contributed by atoms with van der Waals surface area (Å²) in [7, 11) is -3.83. The number of ether oxygens (including phenoxy) is 1. The van der Waals surface area contributed by atoms with Crippen LogP contribution in [-0.2, 0) is 34.3 Å². The Hall–Kier alpha value is -3.31. The summed E-state index contributed by atoms with van der Waals surface area (Å²) in [5.41, 5.74) is 3.43. The molecule has 0 aliphatic carbocycles. The molecule has 0 fully saturated rings. The van der Waals surface area contributed by atoms with Crippen molar-refractivity contribution in [3.8, 4) is 5.75 Å². The highest BCUT2D eigenvalue weighted by molar-refractivity contribution is 7.89. The number of pyridine rings is 1. The fraction of sp³-hybridized carbons (Fsp3) is 0.440. The van der Waals surface area contributed by atoms with Crippen molar-refractivity contribution < 1.29 is 23.1 Å². The Labute approximate surface area is 211 Å². The molecule has 1 unspecified atom stereocenters. The number of hydrogen-bond donors (Lipinski definition) is 1. The molecular formula is C25H31N5O5S. The van der Waals surface area contributed by atoms with Gasteiger partial charge in [-0.15, -0.1) is 5.10 Å². The minimum Gasteiger partial charge on any atom is -0.488 e. The number of benzene rings is 1. The van der Waals surface area contributed by atoms with Crippen molar-refractivity contribution in [1.82, 2.24) is 24.3 Å². The lowest BCUT2D eigenvalue weighted by Gasteiger charge is -2.23. The lowest BCUT2D eigenvalue weighted by atomic mass is 9.88. The number of carboxylic acids is 1. The van der Waals surface area contributed by atoms with Crippen molar-refractivity contribution >= 4 is 16.0 Å². The van der Waals surface area contributed by atoms with E-state index in [4.69, 9.17) is 4.74 Å². The fourth-order valence-corrected chi connectivity index (χ4v) is 5.98. The van der Waals surface area contributed by atoms with Gasteiger partial charge in [-0.25, -0.2) is 8.42 Å². The van der Waals surface area contributed by atoms with Gasteiger partial charge in [0.15, 0.2) is 0 Å². The first-order valence-electron chi connectivity index (χ1n) is 12.0. The van der Waals surface area contributed by atoms with Gasteiger partial charge in [0.05, 0.1) is 24.9 Å². The van der Waals surface area contributed by atoms with Gasteiger partial charge in [-0.1, -0.05) is 23.4 Å². The molecule has 192 valence electrons. The molecule has 0 radical (unpaired) electrons. The highest BCUT2D eigenvalue weighted by atomic mass is 32.2. The Bertz CT molecular complexity index is 1340. The highest BCUT2D eigenvalue weighted by Gasteiger charge is 2.34. The van der Waals surface area contributed by atoms with Gasteiger partial charge in [-0.05, 0) is 62.3 Å². The van der Waals surface area contributed by atoms with E-state index in [9.17, 15) is 18.3 Å². The Morgan fingerprint density at radius 1 is 1.31 bits per heavy atom. The molecular weight excluding hydrogens is 482 g/mol. The van der Waals surface area contributed by atoms with Crippen LogP contribution < -0.4 is 4.74 Å². The molecule has 1 aromatic carbocycles. The molecule has 2 aromatic heterocycles. The average Bonchev–Trinajstić information content (AvgIpc) is 3.27. The van der Waals surface area contributed by atoms with E-state index in [0.29, 0.717) is 18.6 Å². The summed E-state index contributed by atoms with van der Waals surface area (Å²) in [4.78, 5) is 15.7. The van der Waals surface area contributed by atoms with E-state index in [1.54, 1.807) is 10.7 Å². The van der Waals surface area contributed by atoms with Crippen LogP contribution in [0.25, 0.3) is 0 Å². The number of aliphatic carboxylic acids is 1. The SMILES string of the molecule is CCn1cc(CCC(CC(=O)O)c2ccc(C)c(CN3C[C@@H](C)Oc4ccncc4S3(=O)=O)c2)nn1. The molecule has 0 amide bonds. The van der Waals surface area contributed by atoms with Crippen LogP contribution in [0.5, 0.6) is 5.75 Å². The van der Waals surface area contributed by atoms with Crippen LogP contribution >= 0.6 is 0 Å². The molecule has 2 atom stereocenters. The molecule has 0 spiro atoms. The summed E-state index contributed by atoms with van der Waals surface area (Å²) < 4.78 is 35.9. The van der Waals surface area contributed by atoms with E-state index in [1.165, 1.54) is 16.7 Å². The first-order chi connectivity index (χ1) is 17.2. The predicted octanol–water partition coefficient (Wildman–Crippen LogP) is 3.16. The van der Waals surface area contributed by atoms with Gasteiger partial charge in [0, 0.05) is 25.5 Å². The zero-order chi connectivity index (χ0) is 25.9. The molecule has 1 aliphatic heterocycles. The number of hydrogen-bond acceptors (Lipinski definition) is 7. The standard InChI is InChI=1S/C25H31N5O5S/c1-4-29-16-22(27-28-29)8-7-20(12-25(31)32)19-6-5-17(2)21(11-19)15-30-14-18(3)35-23-9-10-26-13-24(23)36(30,33)34/h5-6,9-11,13,16,18,20H,4,7-8,12,14-15H2,1-3H3,(H,31,32)/t18-,20?/m1/s1. The fourth-order valence-electron chi connectivity index (χ4n) is 4.42. The predicted molar refractivity (Wildman–Crippen MR) is 132 cm³/mol. The van der Waals surface area contributed by atoms with E-state index in [-0.39, 0.29) is 36.4 Å². The van der Waals surface area contributed by atoms with Crippen molar-refractivity contribution in [1.29, 1.82) is 0 Å². The smallest absolute Gasteiger partial charge is 0.303 e. The number of rotatable bonds is 9. The maximum Gasteiger partial charge on any atom is 0.303 e. The quantitative estimate of drug-likeness (QED) is 0.462. The van der Waals surface area contributed by atoms with Gasteiger partial charge in [-0.2, -0.15) is 4.31 Å². The van der Waals surface area contributed by atoms with Crippen LogP contribution in [0.1, 0.15) is 55.0 Å². The van der Waals surface area contributed by atoms with Gasteiger partial charge in [-0.3, -0.25) is 14.5 Å². The van der Waals surface area contributed by atoms with E-state index < -0.39 is 16.0 Å². The molecule has 1 aliphatic rings. The van der Waals surface area contributed by atoms with Gasteiger partial charge >= 0.3 is 5.97 Å². The monoisotopic (exact) mass is 513 g/mol. The molecule has 3 heterocycles. The Kier molecular flexibility index (Phi) is 7.70. The number of aryl methyl sites for hydroxylation is 3. The number of aromatic nitrogens is 4. The van der Waals surface area contributed by atoms with Crippen LogP contribution in [-0.4, -0.2) is 56.4 Å². The average molecular weight is 514 g/mol. The van der Waals surface area contributed by atoms with E-state index in [1.807, 2.05) is 45.2 Å². The van der Waals surface area contributed by atoms with Gasteiger partial charge < -0.3 is 9.84 Å². The summed E-state index contributed by atoms with van der Waals surface area (Å²) in [6, 6.07) is 7.35. The van der Waals surface area contributed by atoms with Crippen LogP contribution in [0.2, 0.25) is 0 Å². The van der Waals surface area contributed by atoms with Crippen LogP contribution in [0, 0.1) is 6.92 Å². The Morgan fingerprint density at radius 2 is 2.11 bits per heavy atom. The lowest BCUT2D eigenvalue weighted by molar-refractivity contribution is -0.137. The maximum atomic E-state index is 13.4. The summed E-state index contributed by atoms with van der Waals surface area (Å²) >= 11 is 0. The molecule has 3 aromatic rings. The second-order valence-electron chi connectivity index (χ2n) is 9.13. The minimum atomic E-state index is -3.83. The van der Waals surface area contributed by atoms with Crippen LogP contribution in [0.3, 0.4) is 0 Å². The summed E-state index contributed by atoms with van der Waals surface area (Å²) in [6.07, 6.45) is 5.51. The van der Waals surface area contributed by atoms with Crippen molar-refractivity contribution in [3.63, 3.8) is 0 Å². The van der Waals surface area contributed by atoms with Crippen LogP contribution in [0.15, 0.2) is 47.8 Å². The number of carbonyl (C=O) groups is 1. The number of carboxylic acid groups (broad SMARTS) is 1. The molecule has 36 heavy (non-hydrogen) atoms. The number of nitrogens with zero attached hydrogens (tertiary/aromatic N) is 5. The third kappa shape index (κ3) is 5.73. The zero-order valence-electron chi connectivity index (χ0n) is 20.7. The van der Waals surface area contributed by atoms with E-state index in [2.05, 4.69) is 15.3 Å². The van der Waals surface area contributed by atoms with E-state index in [0.717, 1.165) is 28.9 Å². The summed E-state index contributed by atoms with van der Waals surface area (Å²) in [5, 5.41) is 17.8. The van der Waals surface area contributed by atoms with Crippen molar-refractivity contribution in [2.24, 2.45) is 0 Å². The zero-order valence-corrected chi connectivity index (χ0v) is 21.5. The minimum absolute atomic E-state index is 0.0314. The van der Waals surface area contributed by atoms with Crippen LogP contribution in [0.4, 0.5) is 0 Å². The first kappa shape index (κ1) is 25.8. The summed E-state index contributed by atoms with van der Waals surface area (Å²) in [6.45, 7) is 6.79. The highest BCUT2D eigenvalue weighted by Crippen LogP contribution is 2.32. The molecule has 1 N–H and O–H groups in total. The van der Waals surface area contributed by atoms with Gasteiger partial charge in [0.25, 0.3) is 0 Å². The molecule has 0 saturated heterocycles. The molecule has 0 bridgehead atoms. The maximum absolute atomic E-state index is 13.4. The largest absolute Gasteiger partial charge is 0.488 e. The van der Waals surface area contributed by atoms with Crippen molar-refractivity contribution in [3.05, 3.63) is 65.2 Å². The second kappa shape index (κ2) is 10.8. The normalized spacial score (nSPS) is 18.1. The third-order valence-corrected chi connectivity index (χ3v) is 8.25. The number of fused-ring (bicyclic) bond motifs is 1. The number of sulfonamides is 1. The Balaban J connectivity index is 1.60. The van der Waals surface area contributed by atoms with E-state index >= 15 is 0 Å². The van der Waals surface area contributed by atoms with Crippen molar-refractivity contribution in [2.75, 3.05) is 6.54 Å². The van der Waals surface area contributed by atoms with Gasteiger partial charge in [0.2, 0.25) is 10.0 Å². The lowest BCUT2D eigenvalue weighted by Crippen LogP contribution is -2.35. The molecule has 11 heteroatoms. The third-order valence-electron chi connectivity index (χ3n) is 6.42. The molecule has 4 rings (SSSR count). The van der Waals surface area contributed by atoms with Gasteiger partial charge in [0.1, 0.15) is 16.7 Å². The summed E-state index contributed by atoms with van der Waals surface area (Å²) in [5.74, 6) is -0.835. The molecule has 10 nitrogen and oxygen atoms in total. The molecule has 0 saturated carbocycles. The second-order valence-corrected chi connectivity index (χ2v) is 11.0. The Morgan fingerprint density at radius 3 is 2.83 bits per heavy atom. The first-order valence-corrected chi connectivity index (χ1v) is 13.4. The van der Waals surface area contributed by atoms with Crippen molar-refractivity contribution in [2.45, 2.75) is 70.0 Å².